The molecule has 3 nitrogen and oxygen atoms in total. The molecule has 4 heteroatoms. The highest BCUT2D eigenvalue weighted by atomic mass is 28.4. The van der Waals surface area contributed by atoms with Gasteiger partial charge in [-0.25, -0.2) is 0 Å². The van der Waals surface area contributed by atoms with E-state index in [0.29, 0.717) is 0 Å². The third kappa shape index (κ3) is 3.81. The molecule has 1 rings (SSSR count). The summed E-state index contributed by atoms with van der Waals surface area (Å²) in [4.78, 5) is 12.1. The highest BCUT2D eigenvalue weighted by molar-refractivity contribution is 6.74. The first-order valence-electron chi connectivity index (χ1n) is 6.97. The van der Waals surface area contributed by atoms with Crippen LogP contribution >= 0.6 is 0 Å². The first-order chi connectivity index (χ1) is 8.06. The molecule has 1 saturated carbocycles. The normalized spacial score (nSPS) is 25.6. The Hall–Kier alpha value is -0.353. The predicted molar refractivity (Wildman–Crippen MR) is 71.3 cm³/mol. The summed E-state index contributed by atoms with van der Waals surface area (Å²) in [7, 11) is -1.79. The molecule has 17 heavy (non-hydrogen) atoms. The number of aliphatic hydroxyl groups excluding tert-OH is 1. The third-order valence-corrected chi connectivity index (χ3v) is 8.78. The fourth-order valence-electron chi connectivity index (χ4n) is 2.57. The molecule has 0 unspecified atom stereocenters. The summed E-state index contributed by atoms with van der Waals surface area (Å²) < 4.78 is 5.88. The van der Waals surface area contributed by atoms with Gasteiger partial charge in [-0.05, 0) is 43.8 Å². The number of rotatable bonds is 5. The zero-order valence-electron chi connectivity index (χ0n) is 11.4. The van der Waals surface area contributed by atoms with Crippen molar-refractivity contribution in [2.24, 2.45) is 5.92 Å². The van der Waals surface area contributed by atoms with Crippen molar-refractivity contribution in [3.8, 4) is 0 Å². The Kier molecular flexibility index (Phi) is 5.66. The lowest BCUT2D eigenvalue weighted by Crippen LogP contribution is -2.41. The fourth-order valence-corrected chi connectivity index (χ4v) is 5.10. The molecule has 1 aliphatic carbocycles. The Morgan fingerprint density at radius 3 is 2.00 bits per heavy atom. The molecule has 0 saturated heterocycles. The Morgan fingerprint density at radius 1 is 1.12 bits per heavy atom. The van der Waals surface area contributed by atoms with Crippen LogP contribution in [0.3, 0.4) is 0 Å². The van der Waals surface area contributed by atoms with E-state index in [-0.39, 0.29) is 18.0 Å². The monoisotopic (exact) mass is 258 g/mol. The van der Waals surface area contributed by atoms with Gasteiger partial charge in [0.05, 0.1) is 12.0 Å². The van der Waals surface area contributed by atoms with E-state index in [0.717, 1.165) is 43.8 Å². The van der Waals surface area contributed by atoms with E-state index < -0.39 is 8.32 Å². The second kappa shape index (κ2) is 6.54. The second-order valence-electron chi connectivity index (χ2n) is 5.17. The SMILES string of the molecule is CC[Si](CC)(CC)OC(=O)C1CCC(O)CC1. The van der Waals surface area contributed by atoms with Crippen LogP contribution in [0.5, 0.6) is 0 Å². The number of hydrogen-bond acceptors (Lipinski definition) is 3. The van der Waals surface area contributed by atoms with Gasteiger partial charge in [-0.3, -0.25) is 4.79 Å². The highest BCUT2D eigenvalue weighted by Gasteiger charge is 2.36. The van der Waals surface area contributed by atoms with E-state index in [4.69, 9.17) is 4.43 Å². The summed E-state index contributed by atoms with van der Waals surface area (Å²) in [5.41, 5.74) is 0. The lowest BCUT2D eigenvalue weighted by atomic mass is 9.88. The zero-order valence-corrected chi connectivity index (χ0v) is 12.4. The minimum absolute atomic E-state index is 0.00844. The van der Waals surface area contributed by atoms with Gasteiger partial charge in [-0.1, -0.05) is 20.8 Å². The van der Waals surface area contributed by atoms with E-state index in [9.17, 15) is 9.90 Å². The van der Waals surface area contributed by atoms with Gasteiger partial charge in [-0.15, -0.1) is 0 Å². The minimum atomic E-state index is -1.79. The molecule has 0 amide bonds. The highest BCUT2D eigenvalue weighted by Crippen LogP contribution is 2.29. The average molecular weight is 258 g/mol. The lowest BCUT2D eigenvalue weighted by molar-refractivity contribution is -0.141. The van der Waals surface area contributed by atoms with Gasteiger partial charge in [0, 0.05) is 0 Å². The van der Waals surface area contributed by atoms with E-state index in [1.54, 1.807) is 0 Å². The smallest absolute Gasteiger partial charge is 0.295 e. The standard InChI is InChI=1S/C13H26O3Si/c1-4-17(5-2,6-3)16-13(15)11-7-9-12(14)10-8-11/h11-12,14H,4-10H2,1-3H3. The molecule has 0 aliphatic heterocycles. The summed E-state index contributed by atoms with van der Waals surface area (Å²) in [6.45, 7) is 6.41. The Balaban J connectivity index is 2.53. The van der Waals surface area contributed by atoms with Crippen molar-refractivity contribution in [2.75, 3.05) is 0 Å². The molecule has 0 heterocycles. The van der Waals surface area contributed by atoms with Crippen molar-refractivity contribution in [1.82, 2.24) is 0 Å². The molecule has 0 bridgehead atoms. The summed E-state index contributed by atoms with van der Waals surface area (Å²) in [5, 5.41) is 9.44. The largest absolute Gasteiger partial charge is 0.519 e. The number of aliphatic hydroxyl groups is 1. The maximum Gasteiger partial charge on any atom is 0.295 e. The second-order valence-corrected chi connectivity index (χ2v) is 9.86. The molecule has 0 atom stereocenters. The van der Waals surface area contributed by atoms with Crippen LogP contribution in [-0.4, -0.2) is 25.5 Å². The van der Waals surface area contributed by atoms with Crippen molar-refractivity contribution < 1.29 is 14.3 Å². The van der Waals surface area contributed by atoms with Crippen LogP contribution in [0.4, 0.5) is 0 Å². The Bertz CT molecular complexity index is 235. The van der Waals surface area contributed by atoms with Crippen LogP contribution in [0.25, 0.3) is 0 Å². The van der Waals surface area contributed by atoms with Gasteiger partial charge in [0.1, 0.15) is 0 Å². The first-order valence-corrected chi connectivity index (χ1v) is 9.50. The summed E-state index contributed by atoms with van der Waals surface area (Å²) >= 11 is 0. The Morgan fingerprint density at radius 2 is 1.59 bits per heavy atom. The molecule has 0 aromatic carbocycles. The molecule has 1 N–H and O–H groups in total. The van der Waals surface area contributed by atoms with E-state index in [1.165, 1.54) is 0 Å². The van der Waals surface area contributed by atoms with E-state index in [1.807, 2.05) is 0 Å². The topological polar surface area (TPSA) is 46.5 Å². The number of carbonyl (C=O) groups is 1. The van der Waals surface area contributed by atoms with Crippen LogP contribution in [0.2, 0.25) is 18.1 Å². The van der Waals surface area contributed by atoms with Crippen molar-refractivity contribution in [1.29, 1.82) is 0 Å². The van der Waals surface area contributed by atoms with Gasteiger partial charge in [0.2, 0.25) is 0 Å². The van der Waals surface area contributed by atoms with Crippen LogP contribution in [0, 0.1) is 5.92 Å². The predicted octanol–water partition coefficient (Wildman–Crippen LogP) is 3.09. The van der Waals surface area contributed by atoms with Crippen LogP contribution in [-0.2, 0) is 9.22 Å². The molecule has 0 aromatic heterocycles. The van der Waals surface area contributed by atoms with Crippen molar-refractivity contribution in [2.45, 2.75) is 70.7 Å². The van der Waals surface area contributed by atoms with Crippen LogP contribution < -0.4 is 0 Å². The molecule has 0 aromatic rings. The summed E-state index contributed by atoms with van der Waals surface area (Å²) in [6, 6.07) is 3.04. The van der Waals surface area contributed by atoms with Crippen molar-refractivity contribution in [3.63, 3.8) is 0 Å². The molecule has 0 spiro atoms. The van der Waals surface area contributed by atoms with Gasteiger partial charge in [0.25, 0.3) is 14.3 Å². The molecule has 1 aliphatic rings. The van der Waals surface area contributed by atoms with Gasteiger partial charge in [0.15, 0.2) is 0 Å². The maximum atomic E-state index is 12.1. The van der Waals surface area contributed by atoms with Crippen molar-refractivity contribution in [3.05, 3.63) is 0 Å². The van der Waals surface area contributed by atoms with Crippen molar-refractivity contribution >= 4 is 14.3 Å². The summed E-state index contributed by atoms with van der Waals surface area (Å²) in [5.74, 6) is 0.0454. The molecular formula is C13H26O3Si. The zero-order chi connectivity index (χ0) is 12.9. The first kappa shape index (κ1) is 14.7. The molecule has 100 valence electrons. The lowest BCUT2D eigenvalue weighted by Gasteiger charge is -2.31. The number of carbonyl (C=O) groups excluding carboxylic acids is 1. The van der Waals surface area contributed by atoms with Gasteiger partial charge in [-0.2, -0.15) is 0 Å². The fraction of sp³-hybridized carbons (Fsp3) is 0.923. The number of hydrogen-bond donors (Lipinski definition) is 1. The minimum Gasteiger partial charge on any atom is -0.519 e. The van der Waals surface area contributed by atoms with Gasteiger partial charge < -0.3 is 9.53 Å². The molecular weight excluding hydrogens is 232 g/mol. The van der Waals surface area contributed by atoms with E-state index in [2.05, 4.69) is 20.8 Å². The van der Waals surface area contributed by atoms with Gasteiger partial charge >= 0.3 is 0 Å². The molecule has 0 radical (unpaired) electrons. The van der Waals surface area contributed by atoms with E-state index >= 15 is 0 Å². The van der Waals surface area contributed by atoms with Crippen LogP contribution in [0.1, 0.15) is 46.5 Å². The molecule has 1 fully saturated rings. The third-order valence-electron chi connectivity index (χ3n) is 4.28. The van der Waals surface area contributed by atoms with Crippen LogP contribution in [0.15, 0.2) is 0 Å². The summed E-state index contributed by atoms with van der Waals surface area (Å²) in [6.07, 6.45) is 2.88. The average Bonchev–Trinajstić information content (AvgIpc) is 2.37. The quantitative estimate of drug-likeness (QED) is 0.771. The Labute approximate surface area is 106 Å². The maximum absolute atomic E-state index is 12.1.